The van der Waals surface area contributed by atoms with Crippen molar-refractivity contribution < 1.29 is 20.1 Å². The van der Waals surface area contributed by atoms with Gasteiger partial charge in [0.25, 0.3) is 0 Å². The minimum atomic E-state index is -1.42. The van der Waals surface area contributed by atoms with Gasteiger partial charge in [-0.05, 0) is 64.4 Å². The fourth-order valence-corrected chi connectivity index (χ4v) is 8.78. The van der Waals surface area contributed by atoms with Gasteiger partial charge < -0.3 is 9.97 Å². The molecule has 0 aliphatic heterocycles. The largest absolute Gasteiger partial charge is 0.304 e. The smallest absolute Gasteiger partial charge is 0.0783 e. The molecule has 0 bridgehead atoms. The van der Waals surface area contributed by atoms with E-state index in [-0.39, 0.29) is 20.1 Å². The van der Waals surface area contributed by atoms with E-state index in [2.05, 4.69) is 91.5 Å². The fraction of sp³-hybridized carbons (Fsp3) is 0.243. The molecule has 7 rings (SSSR count). The van der Waals surface area contributed by atoms with Gasteiger partial charge in [0.15, 0.2) is 0 Å². The summed E-state index contributed by atoms with van der Waals surface area (Å²) in [6.07, 6.45) is 9.34. The molecule has 6 aromatic rings. The second-order valence-corrected chi connectivity index (χ2v) is 18.2. The molecule has 1 fully saturated rings. The van der Waals surface area contributed by atoms with Gasteiger partial charge in [-0.15, -0.1) is 59.7 Å². The molecule has 215 valence electrons. The summed E-state index contributed by atoms with van der Waals surface area (Å²) in [5.74, 6) is 0.713. The molecule has 1 radical (unpaired) electrons. The zero-order chi connectivity index (χ0) is 28.4. The Morgan fingerprint density at radius 2 is 1.57 bits per heavy atom. The molecule has 3 aromatic carbocycles. The minimum absolute atomic E-state index is 0. The van der Waals surface area contributed by atoms with Crippen LogP contribution in [0, 0.1) is 19.1 Å². The van der Waals surface area contributed by atoms with E-state index < -0.39 is 8.07 Å². The molecule has 2 nitrogen and oxygen atoms in total. The fourth-order valence-electron chi connectivity index (χ4n) is 5.84. The summed E-state index contributed by atoms with van der Waals surface area (Å²) in [6.45, 7) is 9.34. The molecular weight excluding hydrogens is 725 g/mol. The van der Waals surface area contributed by atoms with Crippen molar-refractivity contribution in [2.24, 2.45) is 0 Å². The van der Waals surface area contributed by atoms with Crippen LogP contribution < -0.4 is 5.19 Å². The summed E-state index contributed by atoms with van der Waals surface area (Å²) in [5.41, 5.74) is 6.81. The molecule has 1 aliphatic rings. The van der Waals surface area contributed by atoms with Gasteiger partial charge in [-0.2, -0.15) is 11.3 Å². The molecule has 1 saturated carbocycles. The van der Waals surface area contributed by atoms with E-state index >= 15 is 0 Å². The van der Waals surface area contributed by atoms with E-state index in [9.17, 15) is 0 Å². The maximum Gasteiger partial charge on any atom is 0.0783 e. The number of fused-ring (bicyclic) bond motifs is 3. The van der Waals surface area contributed by atoms with Crippen molar-refractivity contribution in [1.82, 2.24) is 9.97 Å². The number of aromatic nitrogens is 2. The van der Waals surface area contributed by atoms with Crippen molar-refractivity contribution in [3.63, 3.8) is 0 Å². The van der Waals surface area contributed by atoms with E-state index in [0.717, 1.165) is 22.5 Å². The predicted molar refractivity (Wildman–Crippen MR) is 179 cm³/mol. The van der Waals surface area contributed by atoms with Crippen LogP contribution in [0.25, 0.3) is 42.7 Å². The van der Waals surface area contributed by atoms with Crippen LogP contribution in [0.5, 0.6) is 0 Å². The van der Waals surface area contributed by atoms with Crippen LogP contribution in [-0.4, -0.2) is 18.0 Å². The average Bonchev–Trinajstić information content (AvgIpc) is 3.67. The molecule has 5 heteroatoms. The standard InChI is InChI=1S/C25H26NSSi.C12H10N.Ir/c1-28(2,3)23-13-7-12-22-24(23)20-11-6-10-19(25(20)27-22)21-15-14-18(16-26-21)17-8-4-5-9-17;1-10-7-8-12(13-9-10)11-5-3-2-4-6-11;/h6-7,11-17H,4-5,8-9H2,1-3H3;2-5,7-9H,1H3;/q2*-1;. The van der Waals surface area contributed by atoms with E-state index in [1.807, 2.05) is 54.8 Å². The predicted octanol–water partition coefficient (Wildman–Crippen LogP) is 9.97. The Morgan fingerprint density at radius 3 is 2.24 bits per heavy atom. The summed E-state index contributed by atoms with van der Waals surface area (Å²) in [4.78, 5) is 9.19. The minimum Gasteiger partial charge on any atom is -0.304 e. The average molecular weight is 761 g/mol. The number of hydrogen-bond acceptors (Lipinski definition) is 3. The van der Waals surface area contributed by atoms with Crippen LogP contribution in [-0.2, 0) is 20.1 Å². The Kier molecular flexibility index (Phi) is 9.54. The van der Waals surface area contributed by atoms with Crippen LogP contribution in [0.1, 0.15) is 42.7 Å². The number of nitrogens with zero attached hydrogens (tertiary/aromatic N) is 2. The number of thiophene rings is 1. The Labute approximate surface area is 268 Å². The second kappa shape index (κ2) is 13.1. The Morgan fingerprint density at radius 1 is 0.786 bits per heavy atom. The molecule has 0 amide bonds. The number of rotatable bonds is 4. The van der Waals surface area contributed by atoms with Crippen molar-refractivity contribution in [2.45, 2.75) is 58.2 Å². The van der Waals surface area contributed by atoms with Crippen LogP contribution in [0.2, 0.25) is 19.6 Å². The van der Waals surface area contributed by atoms with Crippen LogP contribution in [0.15, 0.2) is 91.3 Å². The summed E-state index contributed by atoms with van der Waals surface area (Å²) >= 11 is 1.89. The Bertz CT molecular complexity index is 1770. The van der Waals surface area contributed by atoms with Gasteiger partial charge in [0, 0.05) is 37.2 Å². The third-order valence-corrected chi connectivity index (χ3v) is 11.3. The maximum atomic E-state index is 4.87. The number of hydrogen-bond donors (Lipinski definition) is 0. The first-order chi connectivity index (χ1) is 19.9. The third-order valence-electron chi connectivity index (χ3n) is 8.03. The molecule has 0 spiro atoms. The number of pyridine rings is 2. The molecular formula is C37H36IrN2SSi-2. The summed E-state index contributed by atoms with van der Waals surface area (Å²) in [7, 11) is -1.42. The zero-order valence-electron chi connectivity index (χ0n) is 24.7. The van der Waals surface area contributed by atoms with Crippen molar-refractivity contribution in [3.05, 3.63) is 115 Å². The number of aryl methyl sites for hydroxylation is 1. The first-order valence-corrected chi connectivity index (χ1v) is 18.9. The molecule has 0 atom stereocenters. The van der Waals surface area contributed by atoms with Crippen molar-refractivity contribution in [2.75, 3.05) is 0 Å². The molecule has 3 aromatic heterocycles. The number of benzene rings is 3. The molecule has 1 aliphatic carbocycles. The molecule has 3 heterocycles. The molecule has 0 N–H and O–H groups in total. The van der Waals surface area contributed by atoms with Crippen LogP contribution in [0.4, 0.5) is 0 Å². The van der Waals surface area contributed by atoms with Crippen LogP contribution >= 0.6 is 11.3 Å². The zero-order valence-corrected chi connectivity index (χ0v) is 28.9. The Hall–Kier alpha value is -2.95. The molecule has 0 saturated heterocycles. The quantitative estimate of drug-likeness (QED) is 0.132. The maximum absolute atomic E-state index is 4.87. The first-order valence-electron chi connectivity index (χ1n) is 14.6. The Balaban J connectivity index is 0.000000212. The normalized spacial score (nSPS) is 13.5. The van der Waals surface area contributed by atoms with Gasteiger partial charge in [0.05, 0.1) is 8.07 Å². The first kappa shape index (κ1) is 30.5. The van der Waals surface area contributed by atoms with E-state index in [1.165, 1.54) is 57.0 Å². The van der Waals surface area contributed by atoms with Gasteiger partial charge in [-0.1, -0.05) is 79.5 Å². The van der Waals surface area contributed by atoms with Crippen molar-refractivity contribution in [3.8, 4) is 22.5 Å². The van der Waals surface area contributed by atoms with Crippen molar-refractivity contribution >= 4 is 44.8 Å². The summed E-state index contributed by atoms with van der Waals surface area (Å²) in [6, 6.07) is 34.2. The summed E-state index contributed by atoms with van der Waals surface area (Å²) in [5, 5.41) is 4.38. The van der Waals surface area contributed by atoms with E-state index in [4.69, 9.17) is 4.98 Å². The van der Waals surface area contributed by atoms with E-state index in [1.54, 1.807) is 5.19 Å². The van der Waals surface area contributed by atoms with Gasteiger partial charge >= 0.3 is 0 Å². The SMILES string of the molecule is C[Si](C)(C)c1cccc2sc3c(-c4ccc(C5CCCC5)cn4)[c-]ccc3c12.Cc1ccc(-c2[c-]cccc2)nc1.[Ir]. The topological polar surface area (TPSA) is 25.8 Å². The molecule has 0 unspecified atom stereocenters. The van der Waals surface area contributed by atoms with Gasteiger partial charge in [0.2, 0.25) is 0 Å². The van der Waals surface area contributed by atoms with Gasteiger partial charge in [-0.3, -0.25) is 0 Å². The van der Waals surface area contributed by atoms with E-state index in [0.29, 0.717) is 5.92 Å². The van der Waals surface area contributed by atoms with Crippen molar-refractivity contribution in [1.29, 1.82) is 0 Å². The summed E-state index contributed by atoms with van der Waals surface area (Å²) < 4.78 is 2.71. The van der Waals surface area contributed by atoms with Gasteiger partial charge in [-0.25, -0.2) is 0 Å². The second-order valence-electron chi connectivity index (χ2n) is 12.1. The monoisotopic (exact) mass is 761 g/mol. The molecule has 42 heavy (non-hydrogen) atoms. The third kappa shape index (κ3) is 6.50. The van der Waals surface area contributed by atoms with Gasteiger partial charge in [0.1, 0.15) is 0 Å². The van der Waals surface area contributed by atoms with Crippen LogP contribution in [0.3, 0.4) is 0 Å².